The summed E-state index contributed by atoms with van der Waals surface area (Å²) in [6.07, 6.45) is 9.35. The van der Waals surface area contributed by atoms with Gasteiger partial charge in [0.15, 0.2) is 0 Å². The van der Waals surface area contributed by atoms with E-state index in [-0.39, 0.29) is 11.8 Å². The van der Waals surface area contributed by atoms with Crippen LogP contribution in [-0.2, 0) is 4.79 Å². The molecule has 0 spiro atoms. The second kappa shape index (κ2) is 12.7. The fourth-order valence-electron chi connectivity index (χ4n) is 1.90. The average molecular weight is 353 g/mol. The third-order valence-corrected chi connectivity index (χ3v) is 3.89. The average Bonchev–Trinajstić information content (AvgIpc) is 2.34. The topological polar surface area (TPSA) is 29.1 Å². The Kier molecular flexibility index (Phi) is 12.8. The molecule has 1 unspecified atom stereocenters. The molecular formula is C14H28INO. The molecule has 0 saturated heterocycles. The molecule has 0 fully saturated rings. The Morgan fingerprint density at radius 3 is 2.41 bits per heavy atom. The maximum absolute atomic E-state index is 11.9. The number of hydrogen-bond acceptors (Lipinski definition) is 1. The number of halogens is 1. The van der Waals surface area contributed by atoms with Crippen LogP contribution >= 0.6 is 22.6 Å². The molecule has 1 N–H and O–H groups in total. The lowest BCUT2D eigenvalue weighted by molar-refractivity contribution is -0.125. The first-order chi connectivity index (χ1) is 8.26. The quantitative estimate of drug-likeness (QED) is 0.335. The van der Waals surface area contributed by atoms with Gasteiger partial charge >= 0.3 is 0 Å². The maximum Gasteiger partial charge on any atom is 0.223 e. The van der Waals surface area contributed by atoms with Gasteiger partial charge in [-0.3, -0.25) is 4.79 Å². The van der Waals surface area contributed by atoms with Gasteiger partial charge in [0.05, 0.1) is 0 Å². The number of unbranched alkanes of at least 4 members (excludes halogenated alkanes) is 4. The first-order valence-electron chi connectivity index (χ1n) is 7.09. The summed E-state index contributed by atoms with van der Waals surface area (Å²) in [6, 6.07) is 0. The van der Waals surface area contributed by atoms with E-state index in [0.717, 1.165) is 25.8 Å². The van der Waals surface area contributed by atoms with Crippen LogP contribution in [0.3, 0.4) is 0 Å². The van der Waals surface area contributed by atoms with Gasteiger partial charge in [0.1, 0.15) is 0 Å². The minimum atomic E-state index is 0.240. The Morgan fingerprint density at radius 2 is 1.82 bits per heavy atom. The maximum atomic E-state index is 11.9. The van der Waals surface area contributed by atoms with E-state index >= 15 is 0 Å². The van der Waals surface area contributed by atoms with Crippen LogP contribution in [0.2, 0.25) is 0 Å². The molecule has 1 atom stereocenters. The monoisotopic (exact) mass is 353 g/mol. The largest absolute Gasteiger partial charge is 0.356 e. The minimum absolute atomic E-state index is 0.240. The number of nitrogens with one attached hydrogen (secondary N) is 1. The minimum Gasteiger partial charge on any atom is -0.356 e. The summed E-state index contributed by atoms with van der Waals surface area (Å²) in [5.74, 6) is 0.513. The Hall–Kier alpha value is 0.200. The fraction of sp³-hybridized carbons (Fsp3) is 0.929. The van der Waals surface area contributed by atoms with Crippen LogP contribution in [0.25, 0.3) is 0 Å². The van der Waals surface area contributed by atoms with Crippen LogP contribution in [0.15, 0.2) is 0 Å². The van der Waals surface area contributed by atoms with Gasteiger partial charge in [-0.1, -0.05) is 62.1 Å². The molecule has 2 nitrogen and oxygen atoms in total. The van der Waals surface area contributed by atoms with Gasteiger partial charge in [0.2, 0.25) is 5.91 Å². The number of carbonyl (C=O) groups is 1. The zero-order valence-corrected chi connectivity index (χ0v) is 13.6. The van der Waals surface area contributed by atoms with E-state index in [1.807, 2.05) is 0 Å². The Morgan fingerprint density at radius 1 is 1.12 bits per heavy atom. The van der Waals surface area contributed by atoms with Crippen molar-refractivity contribution in [2.45, 2.75) is 65.2 Å². The van der Waals surface area contributed by atoms with E-state index in [9.17, 15) is 4.79 Å². The zero-order chi connectivity index (χ0) is 12.9. The third-order valence-electron chi connectivity index (χ3n) is 3.13. The first kappa shape index (κ1) is 17.2. The number of carbonyl (C=O) groups excluding carboxylic acids is 1. The lowest BCUT2D eigenvalue weighted by atomic mass is 9.98. The number of amides is 1. The predicted octanol–water partition coefficient (Wildman–Crippen LogP) is 4.31. The fourth-order valence-corrected chi connectivity index (χ4v) is 2.44. The molecule has 1 amide bonds. The second-order valence-corrected chi connectivity index (χ2v) is 5.72. The highest BCUT2D eigenvalue weighted by Crippen LogP contribution is 2.12. The number of rotatable bonds is 11. The molecule has 0 aliphatic heterocycles. The summed E-state index contributed by atoms with van der Waals surface area (Å²) in [4.78, 5) is 11.9. The zero-order valence-electron chi connectivity index (χ0n) is 11.4. The molecule has 0 aromatic heterocycles. The van der Waals surface area contributed by atoms with Crippen LogP contribution in [0.5, 0.6) is 0 Å². The Bertz CT molecular complexity index is 185. The van der Waals surface area contributed by atoms with E-state index in [1.54, 1.807) is 0 Å². The van der Waals surface area contributed by atoms with Crippen LogP contribution in [-0.4, -0.2) is 16.9 Å². The Labute approximate surface area is 120 Å². The van der Waals surface area contributed by atoms with Crippen molar-refractivity contribution in [3.05, 3.63) is 0 Å². The van der Waals surface area contributed by atoms with Gasteiger partial charge in [-0.25, -0.2) is 0 Å². The summed E-state index contributed by atoms with van der Waals surface area (Å²) < 4.78 is 1.25. The molecule has 0 aliphatic carbocycles. The standard InChI is InChI=1S/C14H28INO/c1-3-5-10-13(4-2)14(17)16-12-9-7-6-8-11-15/h13H,3-12H2,1-2H3,(H,16,17). The van der Waals surface area contributed by atoms with Gasteiger partial charge < -0.3 is 5.32 Å². The van der Waals surface area contributed by atoms with Crippen LogP contribution in [0.4, 0.5) is 0 Å². The molecule has 102 valence electrons. The predicted molar refractivity (Wildman–Crippen MR) is 83.7 cm³/mol. The molecule has 0 aliphatic rings. The normalized spacial score (nSPS) is 12.4. The summed E-state index contributed by atoms with van der Waals surface area (Å²) in [5.41, 5.74) is 0. The summed E-state index contributed by atoms with van der Waals surface area (Å²) in [5, 5.41) is 3.08. The van der Waals surface area contributed by atoms with Gasteiger partial charge in [0, 0.05) is 12.5 Å². The molecule has 0 saturated carbocycles. The third kappa shape index (κ3) is 9.86. The molecule has 0 rings (SSSR count). The number of alkyl halides is 1. The van der Waals surface area contributed by atoms with Gasteiger partial charge in [0.25, 0.3) is 0 Å². The van der Waals surface area contributed by atoms with Crippen molar-refractivity contribution in [1.82, 2.24) is 5.32 Å². The summed E-state index contributed by atoms with van der Waals surface area (Å²) in [6.45, 7) is 5.15. The second-order valence-electron chi connectivity index (χ2n) is 4.64. The molecule has 0 radical (unpaired) electrons. The Balaban J connectivity index is 3.54. The molecule has 0 heterocycles. The number of hydrogen-bond donors (Lipinski definition) is 1. The van der Waals surface area contributed by atoms with E-state index in [1.165, 1.54) is 36.5 Å². The van der Waals surface area contributed by atoms with Crippen molar-refractivity contribution in [1.29, 1.82) is 0 Å². The lowest BCUT2D eigenvalue weighted by Gasteiger charge is -2.14. The van der Waals surface area contributed by atoms with Crippen LogP contribution < -0.4 is 5.32 Å². The lowest BCUT2D eigenvalue weighted by Crippen LogP contribution is -2.31. The van der Waals surface area contributed by atoms with Crippen molar-refractivity contribution >= 4 is 28.5 Å². The molecule has 0 aromatic carbocycles. The van der Waals surface area contributed by atoms with Crippen LogP contribution in [0, 0.1) is 5.92 Å². The van der Waals surface area contributed by atoms with Gasteiger partial charge in [-0.2, -0.15) is 0 Å². The van der Waals surface area contributed by atoms with Crippen molar-refractivity contribution in [3.8, 4) is 0 Å². The van der Waals surface area contributed by atoms with Crippen LogP contribution in [0.1, 0.15) is 65.2 Å². The molecular weight excluding hydrogens is 325 g/mol. The highest BCUT2D eigenvalue weighted by Gasteiger charge is 2.14. The van der Waals surface area contributed by atoms with Gasteiger partial charge in [-0.05, 0) is 30.1 Å². The van der Waals surface area contributed by atoms with Crippen molar-refractivity contribution in [3.63, 3.8) is 0 Å². The van der Waals surface area contributed by atoms with E-state index in [4.69, 9.17) is 0 Å². The molecule has 0 aromatic rings. The highest BCUT2D eigenvalue weighted by molar-refractivity contribution is 14.1. The SMILES string of the molecule is CCCCC(CC)C(=O)NCCCCCCI. The summed E-state index contributed by atoms with van der Waals surface area (Å²) in [7, 11) is 0. The van der Waals surface area contributed by atoms with Crippen molar-refractivity contribution in [2.75, 3.05) is 11.0 Å². The molecule has 17 heavy (non-hydrogen) atoms. The molecule has 0 bridgehead atoms. The molecule has 3 heteroatoms. The van der Waals surface area contributed by atoms with E-state index < -0.39 is 0 Å². The van der Waals surface area contributed by atoms with Crippen molar-refractivity contribution < 1.29 is 4.79 Å². The van der Waals surface area contributed by atoms with Gasteiger partial charge in [-0.15, -0.1) is 0 Å². The van der Waals surface area contributed by atoms with E-state index in [2.05, 4.69) is 41.8 Å². The first-order valence-corrected chi connectivity index (χ1v) is 8.62. The highest BCUT2D eigenvalue weighted by atomic mass is 127. The van der Waals surface area contributed by atoms with E-state index in [0.29, 0.717) is 0 Å². The van der Waals surface area contributed by atoms with Crippen molar-refractivity contribution in [2.24, 2.45) is 5.92 Å². The smallest absolute Gasteiger partial charge is 0.223 e. The summed E-state index contributed by atoms with van der Waals surface area (Å²) >= 11 is 2.42.